The molecule has 0 amide bonds. The van der Waals surface area contributed by atoms with E-state index in [0.717, 1.165) is 66.9 Å². The molecule has 5 heterocycles. The first-order valence-electron chi connectivity index (χ1n) is 24.7. The molecular weight excluding hydrogens is 813 g/mol. The molecule has 8 bridgehead atoms. The average Bonchev–Trinajstić information content (AvgIpc) is 4.13. The molecule has 15 rings (SSSR count). The second kappa shape index (κ2) is 14.9. The maximum absolute atomic E-state index is 5.82. The highest BCUT2D eigenvalue weighted by molar-refractivity contribution is 6.09. The van der Waals surface area contributed by atoms with Gasteiger partial charge in [-0.3, -0.25) is 0 Å². The summed E-state index contributed by atoms with van der Waals surface area (Å²) in [5, 5.41) is 3.93. The van der Waals surface area contributed by atoms with Gasteiger partial charge in [-0.25, -0.2) is 9.97 Å². The smallest absolute Gasteiger partial charge is 0.140 e. The number of aromatic nitrogens is 4. The number of hydrogen-bond donors (Lipinski definition) is 0. The fourth-order valence-electron chi connectivity index (χ4n) is 13.8. The molecule has 3 aromatic heterocycles. The quantitative estimate of drug-likeness (QED) is 0.173. The second-order valence-corrected chi connectivity index (χ2v) is 20.0. The fraction of sp³-hybridized carbons (Fsp3) is 0.206. The van der Waals surface area contributed by atoms with E-state index in [2.05, 4.69) is 203 Å². The van der Waals surface area contributed by atoms with Crippen LogP contribution in [-0.2, 0) is 22.8 Å². The molecule has 2 aliphatic heterocycles. The summed E-state index contributed by atoms with van der Waals surface area (Å²) in [6, 6.07) is 70.5. The van der Waals surface area contributed by atoms with Crippen molar-refractivity contribution in [2.45, 2.75) is 80.6 Å². The Morgan fingerprint density at radius 3 is 1.69 bits per heavy atom. The second-order valence-electron chi connectivity index (χ2n) is 20.0. The van der Waals surface area contributed by atoms with Crippen molar-refractivity contribution in [1.82, 2.24) is 19.1 Å². The van der Waals surface area contributed by atoms with Crippen molar-refractivity contribution < 1.29 is 0 Å². The molecule has 4 heteroatoms. The van der Waals surface area contributed by atoms with Crippen LogP contribution in [0, 0.1) is 0 Å². The van der Waals surface area contributed by atoms with Crippen molar-refractivity contribution in [1.29, 1.82) is 0 Å². The highest BCUT2D eigenvalue weighted by atomic mass is 15.1. The van der Waals surface area contributed by atoms with Gasteiger partial charge in [0.05, 0.1) is 33.4 Å². The molecule has 0 N–H and O–H groups in total. The van der Waals surface area contributed by atoms with Gasteiger partial charge in [-0.15, -0.1) is 0 Å². The Morgan fingerprint density at radius 1 is 0.433 bits per heavy atom. The van der Waals surface area contributed by atoms with Gasteiger partial charge >= 0.3 is 0 Å². The number of hydrogen-bond acceptors (Lipinski definition) is 2. The molecule has 4 nitrogen and oxygen atoms in total. The Labute approximate surface area is 392 Å². The van der Waals surface area contributed by atoms with Crippen LogP contribution in [0.3, 0.4) is 0 Å². The molecule has 3 aliphatic carbocycles. The predicted octanol–water partition coefficient (Wildman–Crippen LogP) is 15.3. The van der Waals surface area contributed by atoms with Crippen LogP contribution in [0.1, 0.15) is 91.6 Å². The van der Waals surface area contributed by atoms with E-state index < -0.39 is 11.0 Å². The van der Waals surface area contributed by atoms with E-state index in [0.29, 0.717) is 0 Å². The first kappa shape index (κ1) is 38.9. The summed E-state index contributed by atoms with van der Waals surface area (Å²) >= 11 is 0. The number of nitrogens with zero attached hydrogens (tertiary/aromatic N) is 4. The summed E-state index contributed by atoms with van der Waals surface area (Å²) in [6.45, 7) is 0. The third-order valence-electron chi connectivity index (χ3n) is 16.7. The Hall–Kier alpha value is -7.30. The molecule has 10 aromatic rings. The molecule has 1 spiro atoms. The SMILES string of the molecule is C1=C2CCc3c1c1ccccc1n3C1(c3cccc(-n4c5ccccc5c5ccccc54)c3)CCCC(c3nc(-c4ccccc4)cc(-c4ccccc4)n3)(C1)c1cccc(c1)C21CCCC1. The van der Waals surface area contributed by atoms with Gasteiger partial charge in [-0.05, 0) is 104 Å². The zero-order valence-electron chi connectivity index (χ0n) is 37.8. The lowest BCUT2D eigenvalue weighted by Crippen LogP contribution is -2.49. The van der Waals surface area contributed by atoms with Crippen molar-refractivity contribution in [2.75, 3.05) is 0 Å². The Bertz CT molecular complexity index is 3490. The zero-order chi connectivity index (χ0) is 44.2. The van der Waals surface area contributed by atoms with Crippen LogP contribution in [0.2, 0.25) is 0 Å². The Morgan fingerprint density at radius 2 is 1.00 bits per heavy atom. The lowest BCUT2D eigenvalue weighted by molar-refractivity contribution is 0.174. The van der Waals surface area contributed by atoms with Gasteiger partial charge in [0.25, 0.3) is 0 Å². The minimum Gasteiger partial charge on any atom is -0.334 e. The zero-order valence-corrected chi connectivity index (χ0v) is 37.8. The molecular formula is C63H52N4. The molecule has 0 radical (unpaired) electrons. The van der Waals surface area contributed by atoms with Crippen molar-refractivity contribution in [3.05, 3.63) is 227 Å². The highest BCUT2D eigenvalue weighted by Gasteiger charge is 2.53. The molecule has 67 heavy (non-hydrogen) atoms. The Balaban J connectivity index is 1.10. The molecule has 7 aromatic carbocycles. The van der Waals surface area contributed by atoms with Crippen LogP contribution in [-0.4, -0.2) is 19.1 Å². The van der Waals surface area contributed by atoms with Gasteiger partial charge in [0.15, 0.2) is 0 Å². The number of rotatable bonds is 5. The van der Waals surface area contributed by atoms with Crippen LogP contribution in [0.25, 0.3) is 67.0 Å². The van der Waals surface area contributed by atoms with E-state index in [1.165, 1.54) is 92.0 Å². The molecule has 2 fully saturated rings. The van der Waals surface area contributed by atoms with Gasteiger partial charge in [0.2, 0.25) is 0 Å². The van der Waals surface area contributed by atoms with Crippen LogP contribution in [0.15, 0.2) is 194 Å². The van der Waals surface area contributed by atoms with Gasteiger partial charge < -0.3 is 9.13 Å². The van der Waals surface area contributed by atoms with Gasteiger partial charge in [-0.2, -0.15) is 0 Å². The topological polar surface area (TPSA) is 35.6 Å². The van der Waals surface area contributed by atoms with Gasteiger partial charge in [0, 0.05) is 55.2 Å². The number of allylic oxidation sites excluding steroid dienone is 1. The van der Waals surface area contributed by atoms with Gasteiger partial charge in [-0.1, -0.05) is 176 Å². The molecule has 5 aliphatic rings. The van der Waals surface area contributed by atoms with E-state index in [-0.39, 0.29) is 5.41 Å². The van der Waals surface area contributed by atoms with E-state index in [4.69, 9.17) is 9.97 Å². The Kier molecular flexibility index (Phi) is 8.63. The third kappa shape index (κ3) is 5.72. The summed E-state index contributed by atoms with van der Waals surface area (Å²) in [5.41, 5.74) is 16.9. The lowest BCUT2D eigenvalue weighted by atomic mass is 9.59. The number of para-hydroxylation sites is 3. The van der Waals surface area contributed by atoms with Crippen molar-refractivity contribution >= 4 is 38.8 Å². The maximum Gasteiger partial charge on any atom is 0.140 e. The predicted molar refractivity (Wildman–Crippen MR) is 275 cm³/mol. The molecule has 2 atom stereocenters. The first-order chi connectivity index (χ1) is 33.1. The maximum atomic E-state index is 5.82. The number of benzene rings is 7. The standard InChI is InChI=1S/C63H52N4/c1-3-18-43(19-4-1)54-41-55(44-20-5-2-6-21-44)65-60(64-54)62-36-17-37-63(42-62,48-24-16-25-49(39-48)66-56-29-10-7-26-50(56)51-27-8-11-30-57(51)66)67-58-31-12-9-28-52(58)53-40-47(32-33-59(53)67)61(34-13-14-35-61)45-22-15-23-46(62)38-45/h1-12,15-16,18-31,38-41H,13-14,17,32-37,42H2. The molecule has 0 saturated heterocycles. The summed E-state index contributed by atoms with van der Waals surface area (Å²) in [4.78, 5) is 11.6. The van der Waals surface area contributed by atoms with Crippen molar-refractivity contribution in [3.8, 4) is 28.2 Å². The van der Waals surface area contributed by atoms with Crippen molar-refractivity contribution in [2.24, 2.45) is 0 Å². The summed E-state index contributed by atoms with van der Waals surface area (Å²) in [5.74, 6) is 0.927. The van der Waals surface area contributed by atoms with Crippen LogP contribution in [0.5, 0.6) is 0 Å². The largest absolute Gasteiger partial charge is 0.334 e. The van der Waals surface area contributed by atoms with E-state index in [1.54, 1.807) is 5.57 Å². The minimum atomic E-state index is -0.531. The van der Waals surface area contributed by atoms with E-state index in [1.807, 2.05) is 0 Å². The molecule has 2 saturated carbocycles. The molecule has 2 unspecified atom stereocenters. The monoisotopic (exact) mass is 864 g/mol. The van der Waals surface area contributed by atoms with Crippen molar-refractivity contribution in [3.63, 3.8) is 0 Å². The summed E-state index contributed by atoms with van der Waals surface area (Å²) in [7, 11) is 0. The van der Waals surface area contributed by atoms with Crippen LogP contribution in [0.4, 0.5) is 0 Å². The summed E-state index contributed by atoms with van der Waals surface area (Å²) in [6.07, 6.45) is 13.5. The molecule has 324 valence electrons. The first-order valence-corrected chi connectivity index (χ1v) is 24.7. The van der Waals surface area contributed by atoms with E-state index in [9.17, 15) is 0 Å². The average molecular weight is 865 g/mol. The van der Waals surface area contributed by atoms with Crippen LogP contribution < -0.4 is 0 Å². The normalized spacial score (nSPS) is 20.6. The van der Waals surface area contributed by atoms with Crippen LogP contribution >= 0.6 is 0 Å². The number of fused-ring (bicyclic) bond motifs is 5. The highest BCUT2D eigenvalue weighted by Crippen LogP contribution is 2.59. The van der Waals surface area contributed by atoms with E-state index >= 15 is 0 Å². The minimum absolute atomic E-state index is 0.0155. The third-order valence-corrected chi connectivity index (χ3v) is 16.7. The summed E-state index contributed by atoms with van der Waals surface area (Å²) < 4.78 is 5.37. The fourth-order valence-corrected chi connectivity index (χ4v) is 13.8. The van der Waals surface area contributed by atoms with Gasteiger partial charge in [0.1, 0.15) is 5.82 Å². The lowest BCUT2D eigenvalue weighted by Gasteiger charge is -2.51.